The number of rotatable bonds is 8. The second-order valence-corrected chi connectivity index (χ2v) is 10.7. The van der Waals surface area contributed by atoms with Crippen LogP contribution < -0.4 is 5.32 Å². The molecule has 4 rings (SSSR count). The summed E-state index contributed by atoms with van der Waals surface area (Å²) in [7, 11) is 0. The van der Waals surface area contributed by atoms with Gasteiger partial charge in [0.2, 0.25) is 17.8 Å². The Morgan fingerprint density at radius 3 is 2.42 bits per heavy atom. The number of aryl methyl sites for hydroxylation is 2. The minimum absolute atomic E-state index is 0.0174. The molecule has 1 saturated carbocycles. The molecule has 0 atom stereocenters. The van der Waals surface area contributed by atoms with Gasteiger partial charge in [-0.25, -0.2) is 4.98 Å². The van der Waals surface area contributed by atoms with Gasteiger partial charge in [-0.05, 0) is 68.0 Å². The molecule has 0 aliphatic heterocycles. The predicted octanol–water partition coefficient (Wildman–Crippen LogP) is 6.42. The van der Waals surface area contributed by atoms with Crippen molar-refractivity contribution in [3.63, 3.8) is 0 Å². The number of benzene rings is 2. The largest absolute Gasteiger partial charge is 0.333 e. The van der Waals surface area contributed by atoms with Gasteiger partial charge in [0.1, 0.15) is 0 Å². The Balaban J connectivity index is 1.62. The van der Waals surface area contributed by atoms with Crippen molar-refractivity contribution in [2.45, 2.75) is 53.4 Å². The first-order chi connectivity index (χ1) is 17.2. The average molecular weight is 507 g/mol. The zero-order chi connectivity index (χ0) is 25.8. The number of hydrogen-bond donors (Lipinski definition) is 1. The van der Waals surface area contributed by atoms with E-state index in [4.69, 9.17) is 16.6 Å². The summed E-state index contributed by atoms with van der Waals surface area (Å²) < 4.78 is 1.89. The molecule has 0 radical (unpaired) electrons. The molecule has 0 unspecified atom stereocenters. The van der Waals surface area contributed by atoms with Crippen molar-refractivity contribution in [3.05, 3.63) is 64.8 Å². The van der Waals surface area contributed by atoms with Gasteiger partial charge >= 0.3 is 0 Å². The van der Waals surface area contributed by atoms with E-state index in [1.807, 2.05) is 41.1 Å². The molecule has 1 N–H and O–H groups in total. The highest BCUT2D eigenvalue weighted by molar-refractivity contribution is 6.30. The topological polar surface area (TPSA) is 67.2 Å². The van der Waals surface area contributed by atoms with Crippen molar-refractivity contribution in [2.24, 2.45) is 11.8 Å². The van der Waals surface area contributed by atoms with E-state index in [2.05, 4.69) is 45.1 Å². The summed E-state index contributed by atoms with van der Waals surface area (Å²) in [5, 5.41) is 3.64. The van der Waals surface area contributed by atoms with Gasteiger partial charge in [-0.1, -0.05) is 56.5 Å². The van der Waals surface area contributed by atoms with Crippen LogP contribution in [0.1, 0.15) is 50.7 Å². The van der Waals surface area contributed by atoms with E-state index in [0.29, 0.717) is 17.5 Å². The fourth-order valence-electron chi connectivity index (χ4n) is 4.74. The molecule has 0 bridgehead atoms. The lowest BCUT2D eigenvalue weighted by atomic mass is 10.1. The third-order valence-electron chi connectivity index (χ3n) is 6.80. The number of nitrogens with zero attached hydrogens (tertiary/aromatic N) is 3. The van der Waals surface area contributed by atoms with Crippen molar-refractivity contribution in [2.75, 3.05) is 18.4 Å². The van der Waals surface area contributed by atoms with E-state index in [-0.39, 0.29) is 30.2 Å². The average Bonchev–Trinajstić information content (AvgIpc) is 3.51. The van der Waals surface area contributed by atoms with E-state index in [0.717, 1.165) is 48.2 Å². The number of aromatic nitrogens is 2. The zero-order valence-electron chi connectivity index (χ0n) is 21.6. The van der Waals surface area contributed by atoms with Gasteiger partial charge in [0.25, 0.3) is 0 Å². The van der Waals surface area contributed by atoms with Gasteiger partial charge in [-0.15, -0.1) is 0 Å². The van der Waals surface area contributed by atoms with Gasteiger partial charge in [0, 0.05) is 34.9 Å². The van der Waals surface area contributed by atoms with E-state index in [1.165, 1.54) is 5.56 Å². The molecule has 1 heterocycles. The molecule has 1 aliphatic carbocycles. The van der Waals surface area contributed by atoms with Crippen LogP contribution >= 0.6 is 11.6 Å². The number of nitrogens with one attached hydrogen (secondary N) is 1. The van der Waals surface area contributed by atoms with Crippen molar-refractivity contribution >= 4 is 29.4 Å². The lowest BCUT2D eigenvalue weighted by Crippen LogP contribution is -2.43. The molecule has 190 valence electrons. The number of imidazole rings is 1. The first kappa shape index (κ1) is 26.0. The first-order valence-corrected chi connectivity index (χ1v) is 13.1. The van der Waals surface area contributed by atoms with Crippen LogP contribution in [0.2, 0.25) is 5.02 Å². The monoisotopic (exact) mass is 506 g/mol. The Labute approximate surface area is 218 Å². The van der Waals surface area contributed by atoms with Gasteiger partial charge in [-0.3, -0.25) is 19.5 Å². The summed E-state index contributed by atoms with van der Waals surface area (Å²) in [6, 6.07) is 13.6. The molecule has 0 saturated heterocycles. The van der Waals surface area contributed by atoms with Crippen LogP contribution in [-0.4, -0.2) is 39.4 Å². The molecule has 2 aromatic carbocycles. The van der Waals surface area contributed by atoms with Crippen LogP contribution in [0.15, 0.2) is 48.7 Å². The number of carbonyl (C=O) groups is 2. The minimum atomic E-state index is -0.250. The number of halogens is 1. The van der Waals surface area contributed by atoms with Gasteiger partial charge in [0.15, 0.2) is 0 Å². The summed E-state index contributed by atoms with van der Waals surface area (Å²) >= 11 is 6.07. The third kappa shape index (κ3) is 6.16. The van der Waals surface area contributed by atoms with Crippen LogP contribution in [0.25, 0.3) is 16.9 Å². The highest BCUT2D eigenvalue weighted by atomic mass is 35.5. The number of amides is 2. The maximum absolute atomic E-state index is 13.2. The van der Waals surface area contributed by atoms with Crippen molar-refractivity contribution in [1.82, 2.24) is 14.5 Å². The number of carbonyl (C=O) groups excluding carboxylic acids is 2. The second-order valence-electron chi connectivity index (χ2n) is 10.2. The highest BCUT2D eigenvalue weighted by Gasteiger charge is 2.29. The second kappa shape index (κ2) is 11.3. The molecule has 6 nitrogen and oxygen atoms in total. The van der Waals surface area contributed by atoms with Crippen molar-refractivity contribution < 1.29 is 9.59 Å². The molecule has 3 aromatic rings. The van der Waals surface area contributed by atoms with Crippen LogP contribution in [0.3, 0.4) is 0 Å². The molecule has 36 heavy (non-hydrogen) atoms. The molecular formula is C29H35ClN4O2. The van der Waals surface area contributed by atoms with Crippen LogP contribution in [0, 0.1) is 25.7 Å². The molecule has 1 aliphatic rings. The fraction of sp³-hybridized carbons (Fsp3) is 0.414. The lowest BCUT2D eigenvalue weighted by Gasteiger charge is -2.26. The Morgan fingerprint density at radius 1 is 1.08 bits per heavy atom. The van der Waals surface area contributed by atoms with Gasteiger partial charge in [0.05, 0.1) is 12.2 Å². The van der Waals surface area contributed by atoms with E-state index in [9.17, 15) is 9.59 Å². The van der Waals surface area contributed by atoms with E-state index in [1.54, 1.807) is 4.90 Å². The fourth-order valence-corrected chi connectivity index (χ4v) is 4.87. The number of hydrogen-bond acceptors (Lipinski definition) is 3. The predicted molar refractivity (Wildman–Crippen MR) is 145 cm³/mol. The van der Waals surface area contributed by atoms with Crippen LogP contribution in [-0.2, 0) is 9.59 Å². The summed E-state index contributed by atoms with van der Waals surface area (Å²) in [6.07, 6.45) is 5.91. The standard InChI is InChI=1S/C29H35ClN4O2/c1-19(2)16-33(28(36)23-7-5-6-8-23)18-27(35)32-29-31-26(22-10-12-24(30)13-11-22)17-34(29)25-14-9-20(3)21(4)15-25/h9-15,17,19,23H,5-8,16,18H2,1-4H3,(H,31,32,35). The quantitative estimate of drug-likeness (QED) is 0.383. The SMILES string of the molecule is Cc1ccc(-n2cc(-c3ccc(Cl)cc3)nc2NC(=O)CN(CC(C)C)C(=O)C2CCCC2)cc1C. The van der Waals surface area contributed by atoms with Crippen molar-refractivity contribution in [3.8, 4) is 16.9 Å². The molecular weight excluding hydrogens is 472 g/mol. The summed E-state index contributed by atoms with van der Waals surface area (Å²) in [5.41, 5.74) is 4.87. The zero-order valence-corrected chi connectivity index (χ0v) is 22.3. The summed E-state index contributed by atoms with van der Waals surface area (Å²) in [6.45, 7) is 8.84. The molecule has 2 amide bonds. The van der Waals surface area contributed by atoms with Gasteiger partial charge in [-0.2, -0.15) is 0 Å². The maximum atomic E-state index is 13.2. The van der Waals surface area contributed by atoms with Crippen LogP contribution in [0.4, 0.5) is 5.95 Å². The summed E-state index contributed by atoms with van der Waals surface area (Å²) in [4.78, 5) is 32.9. The Hall–Kier alpha value is -3.12. The normalized spacial score (nSPS) is 13.8. The Kier molecular flexibility index (Phi) is 8.14. The smallest absolute Gasteiger partial charge is 0.246 e. The lowest BCUT2D eigenvalue weighted by molar-refractivity contribution is -0.138. The third-order valence-corrected chi connectivity index (χ3v) is 7.05. The molecule has 1 fully saturated rings. The van der Waals surface area contributed by atoms with Crippen molar-refractivity contribution in [1.29, 1.82) is 0 Å². The highest BCUT2D eigenvalue weighted by Crippen LogP contribution is 2.28. The van der Waals surface area contributed by atoms with Gasteiger partial charge < -0.3 is 4.90 Å². The van der Waals surface area contributed by atoms with E-state index < -0.39 is 0 Å². The molecule has 7 heteroatoms. The number of anilines is 1. The van der Waals surface area contributed by atoms with Crippen LogP contribution in [0.5, 0.6) is 0 Å². The first-order valence-electron chi connectivity index (χ1n) is 12.7. The molecule has 0 spiro atoms. The Bertz CT molecular complexity index is 1230. The molecule has 1 aromatic heterocycles. The Morgan fingerprint density at radius 2 is 1.78 bits per heavy atom. The van der Waals surface area contributed by atoms with E-state index >= 15 is 0 Å². The maximum Gasteiger partial charge on any atom is 0.246 e. The summed E-state index contributed by atoms with van der Waals surface area (Å²) in [5.74, 6) is 0.574. The minimum Gasteiger partial charge on any atom is -0.333 e.